The van der Waals surface area contributed by atoms with Gasteiger partial charge in [-0.1, -0.05) is 19.1 Å². The molecule has 0 aliphatic heterocycles. The van der Waals surface area contributed by atoms with Gasteiger partial charge in [0.05, 0.1) is 13.2 Å². The summed E-state index contributed by atoms with van der Waals surface area (Å²) in [7, 11) is 1.67. The molecule has 0 heterocycles. The van der Waals surface area contributed by atoms with Gasteiger partial charge in [0.25, 0.3) is 0 Å². The number of nitrogens with one attached hydrogen (secondary N) is 1. The lowest BCUT2D eigenvalue weighted by molar-refractivity contribution is 0.0165. The Morgan fingerprint density at radius 2 is 2.00 bits per heavy atom. The number of amides is 1. The van der Waals surface area contributed by atoms with Gasteiger partial charge in [0.1, 0.15) is 11.4 Å². The molecular formula is C22H36N2O3. The average Bonchev–Trinajstić information content (AvgIpc) is 3.15. The van der Waals surface area contributed by atoms with Crippen molar-refractivity contribution in [2.24, 2.45) is 5.92 Å². The minimum absolute atomic E-state index is 0.00460. The Balaban J connectivity index is 2.26. The van der Waals surface area contributed by atoms with Gasteiger partial charge >= 0.3 is 6.09 Å². The molecule has 27 heavy (non-hydrogen) atoms. The summed E-state index contributed by atoms with van der Waals surface area (Å²) < 4.78 is 11.0. The van der Waals surface area contributed by atoms with E-state index >= 15 is 0 Å². The molecule has 1 aliphatic rings. The first-order valence-corrected chi connectivity index (χ1v) is 9.86. The number of methoxy groups -OCH3 is 1. The third-order valence-electron chi connectivity index (χ3n) is 5.29. The third kappa shape index (κ3) is 5.86. The molecule has 152 valence electrons. The molecule has 1 aliphatic carbocycles. The molecule has 1 aromatic carbocycles. The van der Waals surface area contributed by atoms with Crippen molar-refractivity contribution in [3.05, 3.63) is 29.8 Å². The van der Waals surface area contributed by atoms with Crippen LogP contribution in [0.3, 0.4) is 0 Å². The van der Waals surface area contributed by atoms with Crippen molar-refractivity contribution in [1.82, 2.24) is 10.2 Å². The SMILES string of the molecule is COc1cccc(C(CN(C(=O)OC(C)(C)C)C(C)C)NC2(C)C[C@@H]2C)c1. The molecule has 0 spiro atoms. The van der Waals surface area contributed by atoms with E-state index < -0.39 is 5.60 Å². The Morgan fingerprint density at radius 3 is 2.48 bits per heavy atom. The highest BCUT2D eigenvalue weighted by molar-refractivity contribution is 5.68. The maximum absolute atomic E-state index is 12.8. The van der Waals surface area contributed by atoms with Crippen molar-refractivity contribution < 1.29 is 14.3 Å². The van der Waals surface area contributed by atoms with Crippen LogP contribution in [0.5, 0.6) is 5.75 Å². The Kier molecular flexibility index (Phi) is 6.46. The van der Waals surface area contributed by atoms with E-state index in [1.807, 2.05) is 52.8 Å². The molecule has 0 saturated heterocycles. The largest absolute Gasteiger partial charge is 0.497 e. The zero-order valence-electron chi connectivity index (χ0n) is 18.1. The summed E-state index contributed by atoms with van der Waals surface area (Å²) in [6.07, 6.45) is 0.864. The van der Waals surface area contributed by atoms with Crippen LogP contribution in [0.25, 0.3) is 0 Å². The lowest BCUT2D eigenvalue weighted by Crippen LogP contribution is -2.47. The van der Waals surface area contributed by atoms with Crippen LogP contribution in [-0.4, -0.2) is 41.8 Å². The molecule has 5 heteroatoms. The highest BCUT2D eigenvalue weighted by Gasteiger charge is 2.48. The maximum atomic E-state index is 12.8. The van der Waals surface area contributed by atoms with Gasteiger partial charge in [-0.15, -0.1) is 0 Å². The van der Waals surface area contributed by atoms with Crippen molar-refractivity contribution in [1.29, 1.82) is 0 Å². The lowest BCUT2D eigenvalue weighted by atomic mass is 10.0. The molecule has 1 aromatic rings. The molecule has 5 nitrogen and oxygen atoms in total. The minimum atomic E-state index is -0.514. The van der Waals surface area contributed by atoms with E-state index in [-0.39, 0.29) is 23.7 Å². The van der Waals surface area contributed by atoms with Gasteiger partial charge < -0.3 is 19.7 Å². The van der Waals surface area contributed by atoms with Crippen LogP contribution in [0, 0.1) is 5.92 Å². The molecular weight excluding hydrogens is 340 g/mol. The monoisotopic (exact) mass is 376 g/mol. The molecule has 0 aromatic heterocycles. The Morgan fingerprint density at radius 1 is 1.37 bits per heavy atom. The van der Waals surface area contributed by atoms with E-state index in [4.69, 9.17) is 9.47 Å². The highest BCUT2D eigenvalue weighted by atomic mass is 16.6. The predicted octanol–water partition coefficient (Wildman–Crippen LogP) is 4.77. The van der Waals surface area contributed by atoms with E-state index in [9.17, 15) is 4.79 Å². The van der Waals surface area contributed by atoms with Crippen molar-refractivity contribution >= 4 is 6.09 Å². The molecule has 3 atom stereocenters. The second-order valence-corrected chi connectivity index (χ2v) is 9.22. The molecule has 2 rings (SSSR count). The Labute approximate surface area is 164 Å². The summed E-state index contributed by atoms with van der Waals surface area (Å²) in [4.78, 5) is 14.6. The van der Waals surface area contributed by atoms with Gasteiger partial charge in [-0.25, -0.2) is 4.79 Å². The fourth-order valence-electron chi connectivity index (χ4n) is 3.28. The number of nitrogens with zero attached hydrogens (tertiary/aromatic N) is 1. The number of benzene rings is 1. The summed E-state index contributed by atoms with van der Waals surface area (Å²) >= 11 is 0. The molecule has 2 unspecified atom stereocenters. The van der Waals surface area contributed by atoms with E-state index in [1.54, 1.807) is 12.0 Å². The summed E-state index contributed by atoms with van der Waals surface area (Å²) in [6.45, 7) is 14.8. The summed E-state index contributed by atoms with van der Waals surface area (Å²) in [6, 6.07) is 8.11. The molecule has 0 bridgehead atoms. The van der Waals surface area contributed by atoms with Crippen molar-refractivity contribution in [3.63, 3.8) is 0 Å². The maximum Gasteiger partial charge on any atom is 0.410 e. The normalized spacial score (nSPS) is 23.1. The van der Waals surface area contributed by atoms with E-state index in [1.165, 1.54) is 0 Å². The first kappa shape index (κ1) is 21.5. The predicted molar refractivity (Wildman–Crippen MR) is 109 cm³/mol. The average molecular weight is 377 g/mol. The standard InChI is InChI=1S/C22H36N2O3/c1-15(2)24(20(25)27-21(4,5)6)14-19(23-22(7)13-16(22)3)17-10-9-11-18(12-17)26-8/h9-12,15-16,19,23H,13-14H2,1-8H3/t16-,19?,22?/m0/s1. The van der Waals surface area contributed by atoms with Crippen LogP contribution in [-0.2, 0) is 4.74 Å². The zero-order chi connectivity index (χ0) is 20.4. The zero-order valence-corrected chi connectivity index (χ0v) is 18.1. The van der Waals surface area contributed by atoms with Gasteiger partial charge in [0.15, 0.2) is 0 Å². The third-order valence-corrected chi connectivity index (χ3v) is 5.29. The first-order chi connectivity index (χ1) is 12.4. The van der Waals surface area contributed by atoms with Crippen LogP contribution in [0.2, 0.25) is 0 Å². The highest BCUT2D eigenvalue weighted by Crippen LogP contribution is 2.44. The lowest BCUT2D eigenvalue weighted by Gasteiger charge is -2.34. The van der Waals surface area contributed by atoms with E-state index in [2.05, 4.69) is 25.2 Å². The fourth-order valence-corrected chi connectivity index (χ4v) is 3.28. The molecule has 0 radical (unpaired) electrons. The summed E-state index contributed by atoms with van der Waals surface area (Å²) in [5, 5.41) is 3.78. The number of carbonyl (C=O) groups excluding carboxylic acids is 1. The van der Waals surface area contributed by atoms with Crippen LogP contribution < -0.4 is 10.1 Å². The molecule has 1 saturated carbocycles. The van der Waals surface area contributed by atoms with Crippen LogP contribution in [0.4, 0.5) is 4.79 Å². The van der Waals surface area contributed by atoms with Crippen LogP contribution >= 0.6 is 0 Å². The van der Waals surface area contributed by atoms with Crippen molar-refractivity contribution in [2.45, 2.75) is 78.1 Å². The topological polar surface area (TPSA) is 50.8 Å². The molecule has 1 amide bonds. The number of rotatable bonds is 7. The second-order valence-electron chi connectivity index (χ2n) is 9.22. The van der Waals surface area contributed by atoms with Gasteiger partial charge in [0.2, 0.25) is 0 Å². The summed E-state index contributed by atoms with van der Waals surface area (Å²) in [5.74, 6) is 1.45. The van der Waals surface area contributed by atoms with Crippen molar-refractivity contribution in [3.8, 4) is 5.75 Å². The minimum Gasteiger partial charge on any atom is -0.497 e. The number of hydrogen-bond acceptors (Lipinski definition) is 4. The number of ether oxygens (including phenoxy) is 2. The Bertz CT molecular complexity index is 653. The second kappa shape index (κ2) is 8.09. The molecule has 1 N–H and O–H groups in total. The summed E-state index contributed by atoms with van der Waals surface area (Å²) in [5.41, 5.74) is 0.702. The molecule has 1 fully saturated rings. The number of carbonyl (C=O) groups is 1. The first-order valence-electron chi connectivity index (χ1n) is 9.86. The number of hydrogen-bond donors (Lipinski definition) is 1. The fraction of sp³-hybridized carbons (Fsp3) is 0.682. The smallest absolute Gasteiger partial charge is 0.410 e. The Hall–Kier alpha value is -1.75. The van der Waals surface area contributed by atoms with Crippen LogP contribution in [0.15, 0.2) is 24.3 Å². The van der Waals surface area contributed by atoms with Gasteiger partial charge in [-0.2, -0.15) is 0 Å². The van der Waals surface area contributed by atoms with Gasteiger partial charge in [-0.05, 0) is 71.6 Å². The van der Waals surface area contributed by atoms with Gasteiger partial charge in [0, 0.05) is 18.1 Å². The van der Waals surface area contributed by atoms with Crippen molar-refractivity contribution in [2.75, 3.05) is 13.7 Å². The van der Waals surface area contributed by atoms with Crippen LogP contribution in [0.1, 0.15) is 66.5 Å². The van der Waals surface area contributed by atoms with E-state index in [0.29, 0.717) is 12.5 Å². The quantitative estimate of drug-likeness (QED) is 0.745. The van der Waals surface area contributed by atoms with Gasteiger partial charge in [-0.3, -0.25) is 0 Å². The van der Waals surface area contributed by atoms with E-state index in [0.717, 1.165) is 17.7 Å².